The van der Waals surface area contributed by atoms with Crippen LogP contribution in [0, 0.1) is 5.92 Å². The van der Waals surface area contributed by atoms with Crippen LogP contribution in [0.25, 0.3) is 0 Å². The van der Waals surface area contributed by atoms with E-state index in [-0.39, 0.29) is 17.9 Å². The van der Waals surface area contributed by atoms with Crippen molar-refractivity contribution >= 4 is 5.91 Å². The minimum Gasteiger partial charge on any atom is -0.384 e. The van der Waals surface area contributed by atoms with Crippen LogP contribution in [0.2, 0.25) is 0 Å². The standard InChI is InChI=1S/C10H20N2O2/c1-8(7-14-2)10(13)12-5-3-4-9(11)6-12/h8-9H,3-7,11H2,1-2H3. The van der Waals surface area contributed by atoms with Crippen LogP contribution in [0.4, 0.5) is 0 Å². The number of nitrogens with two attached hydrogens (primary N) is 1. The lowest BCUT2D eigenvalue weighted by Crippen LogP contribution is -2.47. The van der Waals surface area contributed by atoms with Crippen molar-refractivity contribution < 1.29 is 9.53 Å². The van der Waals surface area contributed by atoms with Gasteiger partial charge in [-0.2, -0.15) is 0 Å². The minimum absolute atomic E-state index is 0.0506. The van der Waals surface area contributed by atoms with Crippen molar-refractivity contribution in [3.8, 4) is 0 Å². The fourth-order valence-corrected chi connectivity index (χ4v) is 1.84. The van der Waals surface area contributed by atoms with Gasteiger partial charge in [0.25, 0.3) is 0 Å². The molecular formula is C10H20N2O2. The Bertz CT molecular complexity index is 197. The van der Waals surface area contributed by atoms with Crippen LogP contribution in [-0.2, 0) is 9.53 Å². The Balaban J connectivity index is 2.42. The monoisotopic (exact) mass is 200 g/mol. The summed E-state index contributed by atoms with van der Waals surface area (Å²) in [4.78, 5) is 13.7. The molecule has 1 heterocycles. The summed E-state index contributed by atoms with van der Waals surface area (Å²) in [6.45, 7) is 3.93. The lowest BCUT2D eigenvalue weighted by molar-refractivity contribution is -0.137. The molecule has 1 saturated heterocycles. The number of carbonyl (C=O) groups is 1. The van der Waals surface area contributed by atoms with Gasteiger partial charge >= 0.3 is 0 Å². The number of piperidine rings is 1. The molecule has 0 aromatic heterocycles. The van der Waals surface area contributed by atoms with Crippen LogP contribution < -0.4 is 5.73 Å². The lowest BCUT2D eigenvalue weighted by atomic mass is 10.0. The van der Waals surface area contributed by atoms with E-state index in [1.165, 1.54) is 0 Å². The second-order valence-electron chi connectivity index (χ2n) is 4.04. The van der Waals surface area contributed by atoms with Gasteiger partial charge in [0, 0.05) is 26.2 Å². The maximum Gasteiger partial charge on any atom is 0.227 e. The summed E-state index contributed by atoms with van der Waals surface area (Å²) in [5, 5.41) is 0. The third kappa shape index (κ3) is 2.96. The fraction of sp³-hybridized carbons (Fsp3) is 0.900. The van der Waals surface area contributed by atoms with E-state index in [1.54, 1.807) is 7.11 Å². The van der Waals surface area contributed by atoms with Gasteiger partial charge in [-0.3, -0.25) is 4.79 Å². The van der Waals surface area contributed by atoms with Crippen LogP contribution >= 0.6 is 0 Å². The summed E-state index contributed by atoms with van der Waals surface area (Å²) in [5.74, 6) is 0.118. The molecule has 14 heavy (non-hydrogen) atoms. The highest BCUT2D eigenvalue weighted by molar-refractivity contribution is 5.78. The summed E-state index contributed by atoms with van der Waals surface area (Å²) in [6, 6.07) is 0.155. The van der Waals surface area contributed by atoms with Crippen LogP contribution in [-0.4, -0.2) is 43.7 Å². The van der Waals surface area contributed by atoms with Crippen LogP contribution in [0.5, 0.6) is 0 Å². The number of hydrogen-bond donors (Lipinski definition) is 1. The van der Waals surface area contributed by atoms with Crippen LogP contribution in [0.1, 0.15) is 19.8 Å². The predicted octanol–water partition coefficient (Wildman–Crippen LogP) is 0.219. The molecule has 1 aliphatic rings. The number of rotatable bonds is 3. The third-order valence-electron chi connectivity index (χ3n) is 2.61. The second-order valence-corrected chi connectivity index (χ2v) is 4.04. The summed E-state index contributed by atoms with van der Waals surface area (Å²) in [6.07, 6.45) is 2.05. The molecule has 82 valence electrons. The first-order valence-corrected chi connectivity index (χ1v) is 5.18. The van der Waals surface area contributed by atoms with E-state index in [1.807, 2.05) is 11.8 Å². The Kier molecular flexibility index (Phi) is 4.35. The van der Waals surface area contributed by atoms with Gasteiger partial charge in [-0.25, -0.2) is 0 Å². The van der Waals surface area contributed by atoms with Gasteiger partial charge in [0.1, 0.15) is 0 Å². The Morgan fingerprint density at radius 1 is 1.71 bits per heavy atom. The van der Waals surface area contributed by atoms with E-state index in [4.69, 9.17) is 10.5 Å². The molecule has 1 rings (SSSR count). The average molecular weight is 200 g/mol. The Labute approximate surface area is 85.4 Å². The van der Waals surface area contributed by atoms with Crippen molar-refractivity contribution in [3.05, 3.63) is 0 Å². The first-order chi connectivity index (χ1) is 6.65. The number of likely N-dealkylation sites (tertiary alicyclic amines) is 1. The summed E-state index contributed by atoms with van der Waals surface area (Å²) < 4.78 is 4.96. The summed E-state index contributed by atoms with van der Waals surface area (Å²) >= 11 is 0. The summed E-state index contributed by atoms with van der Waals surface area (Å²) in [5.41, 5.74) is 5.81. The molecule has 0 bridgehead atoms. The topological polar surface area (TPSA) is 55.6 Å². The maximum atomic E-state index is 11.8. The Hall–Kier alpha value is -0.610. The van der Waals surface area contributed by atoms with Crippen molar-refractivity contribution in [1.29, 1.82) is 0 Å². The fourth-order valence-electron chi connectivity index (χ4n) is 1.84. The minimum atomic E-state index is -0.0506. The normalized spacial score (nSPS) is 24.8. The van der Waals surface area contributed by atoms with Gasteiger partial charge in [-0.15, -0.1) is 0 Å². The van der Waals surface area contributed by atoms with Gasteiger partial charge in [-0.1, -0.05) is 6.92 Å². The van der Waals surface area contributed by atoms with Gasteiger partial charge < -0.3 is 15.4 Å². The Morgan fingerprint density at radius 3 is 3.00 bits per heavy atom. The summed E-state index contributed by atoms with van der Waals surface area (Å²) in [7, 11) is 1.62. The van der Waals surface area contributed by atoms with E-state index in [0.29, 0.717) is 13.2 Å². The average Bonchev–Trinajstić information content (AvgIpc) is 2.17. The number of ether oxygens (including phenoxy) is 1. The third-order valence-corrected chi connectivity index (χ3v) is 2.61. The zero-order chi connectivity index (χ0) is 10.6. The van der Waals surface area contributed by atoms with E-state index < -0.39 is 0 Å². The molecule has 0 aromatic rings. The molecule has 1 amide bonds. The van der Waals surface area contributed by atoms with Gasteiger partial charge in [0.2, 0.25) is 5.91 Å². The molecule has 0 spiro atoms. The molecule has 2 atom stereocenters. The van der Waals surface area contributed by atoms with E-state index in [2.05, 4.69) is 0 Å². The highest BCUT2D eigenvalue weighted by Gasteiger charge is 2.24. The van der Waals surface area contributed by atoms with E-state index >= 15 is 0 Å². The molecule has 2 unspecified atom stereocenters. The van der Waals surface area contributed by atoms with E-state index in [9.17, 15) is 4.79 Å². The van der Waals surface area contributed by atoms with E-state index in [0.717, 1.165) is 19.4 Å². The van der Waals surface area contributed by atoms with Crippen molar-refractivity contribution in [3.63, 3.8) is 0 Å². The first kappa shape index (κ1) is 11.5. The molecular weight excluding hydrogens is 180 g/mol. The maximum absolute atomic E-state index is 11.8. The van der Waals surface area contributed by atoms with Gasteiger partial charge in [-0.05, 0) is 12.8 Å². The quantitative estimate of drug-likeness (QED) is 0.709. The highest BCUT2D eigenvalue weighted by atomic mass is 16.5. The molecule has 4 nitrogen and oxygen atoms in total. The number of nitrogens with zero attached hydrogens (tertiary/aromatic N) is 1. The molecule has 4 heteroatoms. The number of hydrogen-bond acceptors (Lipinski definition) is 3. The van der Waals surface area contributed by atoms with Crippen LogP contribution in [0.15, 0.2) is 0 Å². The zero-order valence-corrected chi connectivity index (χ0v) is 9.03. The zero-order valence-electron chi connectivity index (χ0n) is 9.03. The van der Waals surface area contributed by atoms with Crippen molar-refractivity contribution in [2.24, 2.45) is 11.7 Å². The highest BCUT2D eigenvalue weighted by Crippen LogP contribution is 2.11. The number of amides is 1. The Morgan fingerprint density at radius 2 is 2.43 bits per heavy atom. The van der Waals surface area contributed by atoms with Crippen molar-refractivity contribution in [2.45, 2.75) is 25.8 Å². The SMILES string of the molecule is COCC(C)C(=O)N1CCCC(N)C1. The molecule has 0 aliphatic carbocycles. The van der Waals surface area contributed by atoms with Crippen molar-refractivity contribution in [1.82, 2.24) is 4.90 Å². The molecule has 2 N–H and O–H groups in total. The number of carbonyl (C=O) groups excluding carboxylic acids is 1. The lowest BCUT2D eigenvalue weighted by Gasteiger charge is -2.32. The molecule has 0 aromatic carbocycles. The van der Waals surface area contributed by atoms with Gasteiger partial charge in [0.05, 0.1) is 12.5 Å². The number of methoxy groups -OCH3 is 1. The molecule has 0 saturated carbocycles. The largest absolute Gasteiger partial charge is 0.384 e. The molecule has 0 radical (unpaired) electrons. The first-order valence-electron chi connectivity index (χ1n) is 5.18. The van der Waals surface area contributed by atoms with Gasteiger partial charge in [0.15, 0.2) is 0 Å². The molecule has 1 fully saturated rings. The van der Waals surface area contributed by atoms with Crippen molar-refractivity contribution in [2.75, 3.05) is 26.8 Å². The predicted molar refractivity (Wildman–Crippen MR) is 54.8 cm³/mol. The molecule has 1 aliphatic heterocycles. The second kappa shape index (κ2) is 5.32. The van der Waals surface area contributed by atoms with Crippen LogP contribution in [0.3, 0.4) is 0 Å². The smallest absolute Gasteiger partial charge is 0.227 e.